The van der Waals surface area contributed by atoms with Crippen LogP contribution in [0.5, 0.6) is 0 Å². The maximum Gasteiger partial charge on any atom is 0.251 e. The molecule has 3 aromatic rings. The molecule has 1 atom stereocenters. The van der Waals surface area contributed by atoms with Crippen LogP contribution < -0.4 is 10.6 Å². The van der Waals surface area contributed by atoms with E-state index in [1.54, 1.807) is 30.3 Å². The molecular weight excluding hydrogens is 372 g/mol. The van der Waals surface area contributed by atoms with Gasteiger partial charge in [-0.15, -0.1) is 0 Å². The van der Waals surface area contributed by atoms with Crippen LogP contribution in [0.25, 0.3) is 0 Å². The molecule has 142 valence electrons. The number of rotatable bonds is 6. The van der Waals surface area contributed by atoms with E-state index in [1.165, 1.54) is 0 Å². The van der Waals surface area contributed by atoms with Gasteiger partial charge in [-0.2, -0.15) is 0 Å². The van der Waals surface area contributed by atoms with Gasteiger partial charge >= 0.3 is 0 Å². The quantitative estimate of drug-likeness (QED) is 0.609. The second-order valence-corrected chi connectivity index (χ2v) is 6.87. The zero-order valence-electron chi connectivity index (χ0n) is 15.5. The number of carbonyl (C=O) groups excluding carboxylic acids is 2. The van der Waals surface area contributed by atoms with Crippen LogP contribution in [0.1, 0.15) is 33.9 Å². The number of aryl methyl sites for hydroxylation is 1. The molecule has 0 bridgehead atoms. The Morgan fingerprint density at radius 2 is 1.54 bits per heavy atom. The van der Waals surface area contributed by atoms with Gasteiger partial charge < -0.3 is 10.6 Å². The van der Waals surface area contributed by atoms with Crippen molar-refractivity contribution in [2.75, 3.05) is 5.32 Å². The monoisotopic (exact) mass is 392 g/mol. The van der Waals surface area contributed by atoms with Crippen LogP contribution in [0, 0.1) is 6.92 Å². The first kappa shape index (κ1) is 19.6. The van der Waals surface area contributed by atoms with E-state index in [2.05, 4.69) is 10.6 Å². The third-order valence-corrected chi connectivity index (χ3v) is 4.90. The Morgan fingerprint density at radius 3 is 2.21 bits per heavy atom. The van der Waals surface area contributed by atoms with Crippen molar-refractivity contribution in [2.45, 2.75) is 19.4 Å². The lowest BCUT2D eigenvalue weighted by molar-refractivity contribution is -0.116. The molecule has 0 aromatic heterocycles. The molecule has 2 N–H and O–H groups in total. The van der Waals surface area contributed by atoms with Crippen LogP contribution >= 0.6 is 11.6 Å². The van der Waals surface area contributed by atoms with E-state index < -0.39 is 6.04 Å². The van der Waals surface area contributed by atoms with Crippen molar-refractivity contribution in [1.82, 2.24) is 5.32 Å². The molecule has 0 heterocycles. The highest BCUT2D eigenvalue weighted by atomic mass is 35.5. The van der Waals surface area contributed by atoms with E-state index in [4.69, 9.17) is 11.6 Å². The van der Waals surface area contributed by atoms with Crippen LogP contribution in [0.3, 0.4) is 0 Å². The lowest BCUT2D eigenvalue weighted by Crippen LogP contribution is -2.31. The summed E-state index contributed by atoms with van der Waals surface area (Å²) in [5.41, 5.74) is 2.85. The van der Waals surface area contributed by atoms with Crippen molar-refractivity contribution >= 4 is 29.1 Å². The fraction of sp³-hybridized carbons (Fsp3) is 0.130. The molecule has 0 radical (unpaired) electrons. The molecule has 0 aliphatic rings. The number of hydrogen-bond donors (Lipinski definition) is 2. The summed E-state index contributed by atoms with van der Waals surface area (Å²) < 4.78 is 0. The summed E-state index contributed by atoms with van der Waals surface area (Å²) in [4.78, 5) is 25.3. The van der Waals surface area contributed by atoms with Crippen LogP contribution in [0.15, 0.2) is 78.9 Å². The number of amides is 2. The number of halogens is 1. The molecule has 2 amide bonds. The first-order valence-corrected chi connectivity index (χ1v) is 9.38. The highest BCUT2D eigenvalue weighted by Crippen LogP contribution is 2.26. The standard InChI is InChI=1S/C23H21ClN2O2/c1-16-9-8-14-19(22(16)24)25-21(27)15-20(17-10-4-2-5-11-17)26-23(28)18-12-6-3-7-13-18/h2-14,20H,15H2,1H3,(H,25,27)(H,26,28)/t20-/m0/s1. The summed E-state index contributed by atoms with van der Waals surface area (Å²) in [5.74, 6) is -0.453. The van der Waals surface area contributed by atoms with Gasteiger partial charge in [0.2, 0.25) is 5.91 Å². The van der Waals surface area contributed by atoms with Crippen molar-refractivity contribution in [2.24, 2.45) is 0 Å². The number of nitrogens with one attached hydrogen (secondary N) is 2. The van der Waals surface area contributed by atoms with E-state index in [9.17, 15) is 9.59 Å². The molecular formula is C23H21ClN2O2. The van der Waals surface area contributed by atoms with E-state index in [1.807, 2.05) is 55.5 Å². The van der Waals surface area contributed by atoms with Crippen LogP contribution in [-0.2, 0) is 4.79 Å². The normalized spacial score (nSPS) is 11.5. The highest BCUT2D eigenvalue weighted by molar-refractivity contribution is 6.34. The lowest BCUT2D eigenvalue weighted by atomic mass is 10.0. The summed E-state index contributed by atoms with van der Waals surface area (Å²) in [6.07, 6.45) is 0.0901. The second-order valence-electron chi connectivity index (χ2n) is 6.49. The van der Waals surface area contributed by atoms with E-state index >= 15 is 0 Å². The van der Waals surface area contributed by atoms with Crippen molar-refractivity contribution in [1.29, 1.82) is 0 Å². The zero-order chi connectivity index (χ0) is 19.9. The maximum atomic E-state index is 12.7. The number of carbonyl (C=O) groups is 2. The van der Waals surface area contributed by atoms with Gasteiger partial charge in [0.15, 0.2) is 0 Å². The molecule has 0 unspecified atom stereocenters. The predicted molar refractivity (Wildman–Crippen MR) is 113 cm³/mol. The van der Waals surface area contributed by atoms with Gasteiger partial charge in [-0.25, -0.2) is 0 Å². The first-order chi connectivity index (χ1) is 13.5. The Balaban J connectivity index is 1.76. The van der Waals surface area contributed by atoms with Crippen LogP contribution in [0.4, 0.5) is 5.69 Å². The van der Waals surface area contributed by atoms with E-state index in [-0.39, 0.29) is 18.2 Å². The number of hydrogen-bond acceptors (Lipinski definition) is 2. The Labute approximate surface area is 169 Å². The average molecular weight is 393 g/mol. The third kappa shape index (κ3) is 4.99. The SMILES string of the molecule is Cc1cccc(NC(=O)C[C@H](NC(=O)c2ccccc2)c2ccccc2)c1Cl. The second kappa shape index (κ2) is 9.20. The third-order valence-electron chi connectivity index (χ3n) is 4.40. The van der Waals surface area contributed by atoms with Gasteiger partial charge in [-0.1, -0.05) is 72.3 Å². The smallest absolute Gasteiger partial charge is 0.251 e. The first-order valence-electron chi connectivity index (χ1n) is 9.00. The number of benzene rings is 3. The fourth-order valence-electron chi connectivity index (χ4n) is 2.90. The van der Waals surface area contributed by atoms with E-state index in [0.717, 1.165) is 11.1 Å². The molecule has 0 saturated carbocycles. The fourth-order valence-corrected chi connectivity index (χ4v) is 3.07. The van der Waals surface area contributed by atoms with Crippen molar-refractivity contribution < 1.29 is 9.59 Å². The van der Waals surface area contributed by atoms with Gasteiger partial charge in [-0.05, 0) is 36.2 Å². The minimum absolute atomic E-state index is 0.0901. The largest absolute Gasteiger partial charge is 0.345 e. The minimum Gasteiger partial charge on any atom is -0.345 e. The molecule has 4 nitrogen and oxygen atoms in total. The van der Waals surface area contributed by atoms with Gasteiger partial charge in [-0.3, -0.25) is 9.59 Å². The summed E-state index contributed by atoms with van der Waals surface area (Å²) in [6.45, 7) is 1.88. The summed E-state index contributed by atoms with van der Waals surface area (Å²) in [6, 6.07) is 23.4. The molecule has 28 heavy (non-hydrogen) atoms. The molecule has 0 spiro atoms. The molecule has 5 heteroatoms. The lowest BCUT2D eigenvalue weighted by Gasteiger charge is -2.19. The summed E-state index contributed by atoms with van der Waals surface area (Å²) in [5, 5.41) is 6.32. The summed E-state index contributed by atoms with van der Waals surface area (Å²) in [7, 11) is 0. The zero-order valence-corrected chi connectivity index (χ0v) is 16.2. The minimum atomic E-state index is -0.461. The molecule has 0 aliphatic heterocycles. The van der Waals surface area contributed by atoms with Gasteiger partial charge in [0.1, 0.15) is 0 Å². The topological polar surface area (TPSA) is 58.2 Å². The molecule has 3 aromatic carbocycles. The van der Waals surface area contributed by atoms with Gasteiger partial charge in [0.25, 0.3) is 5.91 Å². The van der Waals surface area contributed by atoms with E-state index in [0.29, 0.717) is 16.3 Å². The Bertz CT molecular complexity index is 959. The number of anilines is 1. The van der Waals surface area contributed by atoms with Crippen molar-refractivity contribution in [3.63, 3.8) is 0 Å². The Kier molecular flexibility index (Phi) is 6.45. The molecule has 0 fully saturated rings. The van der Waals surface area contributed by atoms with Crippen LogP contribution in [0.2, 0.25) is 5.02 Å². The Hall–Kier alpha value is -3.11. The Morgan fingerprint density at radius 1 is 0.893 bits per heavy atom. The predicted octanol–water partition coefficient (Wildman–Crippen LogP) is 5.15. The van der Waals surface area contributed by atoms with Crippen molar-refractivity contribution in [3.05, 3.63) is 101 Å². The summed E-state index contributed by atoms with van der Waals surface area (Å²) >= 11 is 6.27. The van der Waals surface area contributed by atoms with Crippen LogP contribution in [-0.4, -0.2) is 11.8 Å². The van der Waals surface area contributed by atoms with Gasteiger partial charge in [0.05, 0.1) is 23.2 Å². The molecule has 3 rings (SSSR count). The average Bonchev–Trinajstić information content (AvgIpc) is 2.72. The van der Waals surface area contributed by atoms with Crippen molar-refractivity contribution in [3.8, 4) is 0 Å². The molecule has 0 aliphatic carbocycles. The highest BCUT2D eigenvalue weighted by Gasteiger charge is 2.20. The maximum absolute atomic E-state index is 12.7. The molecule has 0 saturated heterocycles. The van der Waals surface area contributed by atoms with Gasteiger partial charge in [0, 0.05) is 5.56 Å².